The van der Waals surface area contributed by atoms with E-state index in [1.165, 1.54) is 32.0 Å². The van der Waals surface area contributed by atoms with Gasteiger partial charge in [-0.05, 0) is 114 Å². The number of hydrogen-bond acceptors (Lipinski definition) is 14. The normalized spacial score (nSPS) is 13.1. The summed E-state index contributed by atoms with van der Waals surface area (Å²) >= 11 is 0.654. The zero-order chi connectivity index (χ0) is 47.4. The predicted molar refractivity (Wildman–Crippen MR) is 239 cm³/mol. The third-order valence-electron chi connectivity index (χ3n) is 10.4. The van der Waals surface area contributed by atoms with Crippen LogP contribution >= 0.6 is 11.3 Å². The minimum Gasteiger partial charge on any atom is -0.390 e. The maximum Gasteiger partial charge on any atom is 0.275 e. The van der Waals surface area contributed by atoms with Crippen LogP contribution in [0.15, 0.2) is 51.8 Å². The van der Waals surface area contributed by atoms with Crippen LogP contribution in [0.1, 0.15) is 161 Å². The minimum absolute atomic E-state index is 0.0354. The van der Waals surface area contributed by atoms with Gasteiger partial charge in [0.15, 0.2) is 4.21 Å². The second-order valence-electron chi connectivity index (χ2n) is 17.7. The summed E-state index contributed by atoms with van der Waals surface area (Å²) in [5, 5.41) is 40.9. The van der Waals surface area contributed by atoms with Gasteiger partial charge in [0.05, 0.1) is 60.5 Å². The second-order valence-corrected chi connectivity index (χ2v) is 22.2. The molecule has 0 aliphatic carbocycles. The average Bonchev–Trinajstić information content (AvgIpc) is 3.64. The van der Waals surface area contributed by atoms with Crippen molar-refractivity contribution in [3.8, 4) is 6.07 Å². The van der Waals surface area contributed by atoms with Gasteiger partial charge in [0.25, 0.3) is 20.0 Å². The second kappa shape index (κ2) is 20.1. The zero-order valence-corrected chi connectivity index (χ0v) is 40.1. The molecule has 2 aromatic carbocycles. The number of hydrogen-bond donors (Lipinski definition) is 5. The molecule has 0 aliphatic rings. The van der Waals surface area contributed by atoms with E-state index in [-0.39, 0.29) is 63.6 Å². The highest BCUT2D eigenvalue weighted by atomic mass is 32.2. The third kappa shape index (κ3) is 12.6. The molecule has 1 atom stereocenters. The number of carbonyl (C=O) groups excluding carboxylic acids is 2. The van der Waals surface area contributed by atoms with E-state index in [1.54, 1.807) is 38.4 Å². The maximum absolute atomic E-state index is 13.7. The first-order valence-corrected chi connectivity index (χ1v) is 24.3. The summed E-state index contributed by atoms with van der Waals surface area (Å²) in [5.41, 5.74) is 2.20. The van der Waals surface area contributed by atoms with Crippen LogP contribution in [0, 0.1) is 11.3 Å². The van der Waals surface area contributed by atoms with E-state index in [2.05, 4.69) is 25.5 Å². The van der Waals surface area contributed by atoms with Crippen molar-refractivity contribution in [3.63, 3.8) is 0 Å². The highest BCUT2D eigenvalue weighted by Gasteiger charge is 2.32. The Morgan fingerprint density at radius 3 is 1.81 bits per heavy atom. The minimum atomic E-state index is -4.49. The van der Waals surface area contributed by atoms with Crippen molar-refractivity contribution >= 4 is 43.2 Å². The number of rotatable bonds is 19. The van der Waals surface area contributed by atoms with E-state index < -0.39 is 55.6 Å². The lowest BCUT2D eigenvalue weighted by Gasteiger charge is -2.24. The molecule has 0 saturated carbocycles. The van der Waals surface area contributed by atoms with E-state index in [9.17, 15) is 47.0 Å². The number of nitriles is 1. The first-order valence-electron chi connectivity index (χ1n) is 20.5. The van der Waals surface area contributed by atoms with Gasteiger partial charge in [-0.3, -0.25) is 14.6 Å². The monoisotopic (exact) mass is 925 g/mol. The number of aromatic nitrogens is 2. The molecule has 342 valence electrons. The molecule has 0 radical (unpaired) electrons. The number of carbonyl (C=O) groups is 2. The number of aliphatic hydroxyl groups is 3. The highest BCUT2D eigenvalue weighted by molar-refractivity contribution is 7.92. The van der Waals surface area contributed by atoms with Crippen molar-refractivity contribution in [2.24, 2.45) is 0 Å². The van der Waals surface area contributed by atoms with Gasteiger partial charge in [0.2, 0.25) is 11.8 Å². The molecular weight excluding hydrogens is 867 g/mol. The summed E-state index contributed by atoms with van der Waals surface area (Å²) in [6.07, 6.45) is 2.61. The summed E-state index contributed by atoms with van der Waals surface area (Å²) in [7, 11) is -8.89. The smallest absolute Gasteiger partial charge is 0.275 e. The van der Waals surface area contributed by atoms with Crippen molar-refractivity contribution < 1.29 is 46.5 Å². The zero-order valence-electron chi connectivity index (χ0n) is 37.7. The number of thiazole rings is 1. The number of ether oxygens (including phenoxy) is 1. The third-order valence-corrected chi connectivity index (χ3v) is 15.1. The maximum atomic E-state index is 13.7. The van der Waals surface area contributed by atoms with Crippen LogP contribution in [0.25, 0.3) is 0 Å². The summed E-state index contributed by atoms with van der Waals surface area (Å²) in [6.45, 7) is 18.5. The van der Waals surface area contributed by atoms with Gasteiger partial charge in [-0.15, -0.1) is 11.3 Å². The van der Waals surface area contributed by atoms with Gasteiger partial charge < -0.3 is 20.1 Å². The Bertz CT molecular complexity index is 2570. The molecule has 2 amide bonds. The van der Waals surface area contributed by atoms with Gasteiger partial charge in [-0.25, -0.2) is 31.3 Å². The number of sulfonamides is 2. The molecule has 15 nitrogen and oxygen atoms in total. The van der Waals surface area contributed by atoms with E-state index >= 15 is 0 Å². The Kier molecular flexibility index (Phi) is 16.2. The lowest BCUT2D eigenvalue weighted by atomic mass is 9.85. The molecular formula is C45H59N5O10S3. The standard InChI is InChI=1S/C45H59N5O10S3/c1-25(2)32-14-29(19-46)15-33(26(3)4)34(32)17-40(52)49-62(56,57)31-12-13-38(44(8,9)54)30(16-31)24-60-23-28(7)37-21-47-20-36(27(5)6)35(37)18-41(53)50-63(58,59)42-39(22-51)48-43(61-42)45(10,11)55/h12-16,20-21,25-28,51,54-55H,17-18,22-24H2,1-11H3,(H,49,52)(H,50,53). The number of amides is 2. The van der Waals surface area contributed by atoms with Crippen molar-refractivity contribution in [1.29, 1.82) is 5.26 Å². The van der Waals surface area contributed by atoms with Gasteiger partial charge >= 0.3 is 0 Å². The molecule has 18 heteroatoms. The van der Waals surface area contributed by atoms with Crippen molar-refractivity contribution in [3.05, 3.63) is 103 Å². The Labute approximate surface area is 375 Å². The molecule has 4 rings (SSSR count). The van der Waals surface area contributed by atoms with Crippen molar-refractivity contribution in [2.75, 3.05) is 6.61 Å². The topological polar surface area (TPSA) is 246 Å². The molecule has 4 aromatic rings. The molecule has 0 bridgehead atoms. The summed E-state index contributed by atoms with van der Waals surface area (Å²) < 4.78 is 64.3. The van der Waals surface area contributed by atoms with Crippen molar-refractivity contribution in [2.45, 2.75) is 146 Å². The van der Waals surface area contributed by atoms with E-state index in [1.807, 2.05) is 48.5 Å². The molecule has 0 saturated heterocycles. The molecule has 0 fully saturated rings. The fourth-order valence-corrected chi connectivity index (χ4v) is 10.8. The molecule has 63 heavy (non-hydrogen) atoms. The fourth-order valence-electron chi connectivity index (χ4n) is 7.26. The summed E-state index contributed by atoms with van der Waals surface area (Å²) in [6, 6.07) is 9.75. The van der Waals surface area contributed by atoms with Gasteiger partial charge in [0.1, 0.15) is 10.6 Å². The number of nitrogens with one attached hydrogen (secondary N) is 2. The van der Waals surface area contributed by atoms with Crippen molar-refractivity contribution in [1.82, 2.24) is 19.4 Å². The van der Waals surface area contributed by atoms with Crippen LogP contribution in [0.3, 0.4) is 0 Å². The Morgan fingerprint density at radius 1 is 0.794 bits per heavy atom. The van der Waals surface area contributed by atoms with Crippen LogP contribution in [0.4, 0.5) is 0 Å². The fraction of sp³-hybridized carbons (Fsp3) is 0.489. The number of benzene rings is 2. The SMILES string of the molecule is CC(C)c1cc(C#N)cc(C(C)C)c1CC(=O)NS(=O)(=O)c1ccc(C(C)(C)O)c(COCC(C)c2cncc(C(C)C)c2CC(=O)NS(=O)(=O)c2sc(C(C)(C)O)nc2CO)c1. The van der Waals surface area contributed by atoms with Crippen LogP contribution in [0.5, 0.6) is 0 Å². The Balaban J connectivity index is 1.57. The van der Waals surface area contributed by atoms with E-state index in [4.69, 9.17) is 4.74 Å². The van der Waals surface area contributed by atoms with Crippen LogP contribution in [-0.4, -0.2) is 60.5 Å². The number of nitrogens with zero attached hydrogens (tertiary/aromatic N) is 3. The average molecular weight is 926 g/mol. The van der Waals surface area contributed by atoms with E-state index in [0.29, 0.717) is 50.3 Å². The molecule has 0 aliphatic heterocycles. The van der Waals surface area contributed by atoms with Crippen LogP contribution < -0.4 is 9.44 Å². The Hall–Kier alpha value is -4.61. The molecule has 0 spiro atoms. The lowest BCUT2D eigenvalue weighted by Crippen LogP contribution is -2.33. The summed E-state index contributed by atoms with van der Waals surface area (Å²) in [4.78, 5) is 35.2. The number of pyridine rings is 1. The quantitative estimate of drug-likeness (QED) is 0.0710. The lowest BCUT2D eigenvalue weighted by molar-refractivity contribution is -0.119. The Morgan fingerprint density at radius 2 is 1.32 bits per heavy atom. The van der Waals surface area contributed by atoms with Crippen LogP contribution in [-0.2, 0) is 71.6 Å². The highest BCUT2D eigenvalue weighted by Crippen LogP contribution is 2.34. The molecule has 2 heterocycles. The van der Waals surface area contributed by atoms with Gasteiger partial charge in [-0.2, -0.15) is 5.26 Å². The van der Waals surface area contributed by atoms with Gasteiger partial charge in [0, 0.05) is 18.3 Å². The summed E-state index contributed by atoms with van der Waals surface area (Å²) in [5.74, 6) is -2.20. The first-order chi connectivity index (χ1) is 29.1. The first kappa shape index (κ1) is 51.0. The van der Waals surface area contributed by atoms with Gasteiger partial charge in [-0.1, -0.05) is 54.5 Å². The molecule has 1 unspecified atom stereocenters. The molecule has 5 N–H and O–H groups in total. The predicted octanol–water partition coefficient (Wildman–Crippen LogP) is 6.14. The largest absolute Gasteiger partial charge is 0.390 e. The molecule has 2 aromatic heterocycles. The number of aliphatic hydroxyl groups excluding tert-OH is 1. The van der Waals surface area contributed by atoms with Crippen LogP contribution in [0.2, 0.25) is 0 Å². The van der Waals surface area contributed by atoms with E-state index in [0.717, 1.165) is 11.1 Å².